The van der Waals surface area contributed by atoms with Crippen molar-refractivity contribution in [2.24, 2.45) is 5.92 Å². The zero-order valence-corrected chi connectivity index (χ0v) is 13.0. The number of benzene rings is 1. The molecule has 5 nitrogen and oxygen atoms in total. The summed E-state index contributed by atoms with van der Waals surface area (Å²) in [6, 6.07) is 5.88. The Morgan fingerprint density at radius 2 is 1.90 bits per heavy atom. The van der Waals surface area contributed by atoms with E-state index in [0.29, 0.717) is 5.75 Å². The number of carboxylic acid groups (broad SMARTS) is 1. The molecule has 0 heterocycles. The molecule has 21 heavy (non-hydrogen) atoms. The predicted octanol–water partition coefficient (Wildman–Crippen LogP) is 2.50. The van der Waals surface area contributed by atoms with Crippen LogP contribution in [0.1, 0.15) is 32.6 Å². The molecule has 2 rings (SSSR count). The Balaban J connectivity index is 2.33. The van der Waals surface area contributed by atoms with E-state index in [1.807, 2.05) is 6.92 Å². The van der Waals surface area contributed by atoms with Gasteiger partial charge in [-0.1, -0.05) is 19.8 Å². The maximum atomic E-state index is 12.7. The number of rotatable bonds is 6. The fraction of sp³-hybridized carbons (Fsp3) is 0.533. The molecule has 0 amide bonds. The Labute approximate surface area is 124 Å². The molecule has 0 bridgehead atoms. The highest BCUT2D eigenvalue weighted by molar-refractivity contribution is 7.93. The number of aliphatic carboxylic acids is 1. The molecular weight excluding hydrogens is 292 g/mol. The van der Waals surface area contributed by atoms with Crippen LogP contribution in [-0.2, 0) is 14.6 Å². The van der Waals surface area contributed by atoms with Gasteiger partial charge in [0.05, 0.1) is 12.0 Å². The Morgan fingerprint density at radius 3 is 2.33 bits per heavy atom. The number of carboxylic acids is 1. The lowest BCUT2D eigenvalue weighted by Crippen LogP contribution is -2.56. The van der Waals surface area contributed by atoms with Crippen LogP contribution in [0.25, 0.3) is 0 Å². The van der Waals surface area contributed by atoms with Gasteiger partial charge in [0.2, 0.25) is 0 Å². The molecule has 0 aromatic heterocycles. The Morgan fingerprint density at radius 1 is 1.33 bits per heavy atom. The van der Waals surface area contributed by atoms with Crippen molar-refractivity contribution in [3.63, 3.8) is 0 Å². The smallest absolute Gasteiger partial charge is 0.325 e. The lowest BCUT2D eigenvalue weighted by molar-refractivity contribution is -0.144. The molecule has 1 aliphatic rings. The van der Waals surface area contributed by atoms with Crippen LogP contribution in [-0.4, -0.2) is 31.4 Å². The molecule has 116 valence electrons. The van der Waals surface area contributed by atoms with Crippen molar-refractivity contribution in [1.29, 1.82) is 0 Å². The third kappa shape index (κ3) is 2.52. The molecule has 0 aliphatic heterocycles. The van der Waals surface area contributed by atoms with E-state index in [1.165, 1.54) is 31.4 Å². The molecule has 1 N–H and O–H groups in total. The van der Waals surface area contributed by atoms with Gasteiger partial charge in [-0.3, -0.25) is 4.79 Å². The molecule has 1 aliphatic carbocycles. The normalized spacial score (nSPS) is 25.1. The van der Waals surface area contributed by atoms with Crippen molar-refractivity contribution >= 4 is 15.8 Å². The third-order valence-corrected chi connectivity index (χ3v) is 6.64. The van der Waals surface area contributed by atoms with Crippen molar-refractivity contribution in [1.82, 2.24) is 0 Å². The summed E-state index contributed by atoms with van der Waals surface area (Å²) < 4.78 is 28.7. The van der Waals surface area contributed by atoms with Crippen LogP contribution >= 0.6 is 0 Å². The highest BCUT2D eigenvalue weighted by Gasteiger charge is 2.59. The van der Waals surface area contributed by atoms with E-state index < -0.39 is 20.6 Å². The predicted molar refractivity (Wildman–Crippen MR) is 78.2 cm³/mol. The largest absolute Gasteiger partial charge is 0.497 e. The summed E-state index contributed by atoms with van der Waals surface area (Å²) in [7, 11) is -2.40. The van der Waals surface area contributed by atoms with Crippen molar-refractivity contribution in [3.8, 4) is 5.75 Å². The summed E-state index contributed by atoms with van der Waals surface area (Å²) in [4.78, 5) is 11.6. The number of hydrogen-bond acceptors (Lipinski definition) is 4. The first-order chi connectivity index (χ1) is 9.87. The number of ether oxygens (including phenoxy) is 1. The van der Waals surface area contributed by atoms with E-state index in [-0.39, 0.29) is 23.7 Å². The highest BCUT2D eigenvalue weighted by atomic mass is 32.2. The van der Waals surface area contributed by atoms with Crippen LogP contribution in [0.3, 0.4) is 0 Å². The zero-order valence-electron chi connectivity index (χ0n) is 12.2. The van der Waals surface area contributed by atoms with Gasteiger partial charge in [0, 0.05) is 0 Å². The van der Waals surface area contributed by atoms with Crippen LogP contribution in [0, 0.1) is 5.92 Å². The van der Waals surface area contributed by atoms with Gasteiger partial charge >= 0.3 is 5.97 Å². The van der Waals surface area contributed by atoms with E-state index >= 15 is 0 Å². The molecule has 0 radical (unpaired) electrons. The number of hydrogen-bond donors (Lipinski definition) is 1. The standard InChI is InChI=1S/C15H20O5S/c1-3-4-11-9-15(10-11,14(16)17)21(18,19)13-7-5-12(20-2)6-8-13/h5-8,11H,3-4,9-10H2,1-2H3,(H,16,17). The monoisotopic (exact) mass is 312 g/mol. The average molecular weight is 312 g/mol. The van der Waals surface area contributed by atoms with E-state index in [9.17, 15) is 18.3 Å². The van der Waals surface area contributed by atoms with Crippen molar-refractivity contribution in [2.45, 2.75) is 42.2 Å². The molecule has 0 atom stereocenters. The zero-order chi connectivity index (χ0) is 15.7. The molecule has 1 aromatic carbocycles. The fourth-order valence-electron chi connectivity index (χ4n) is 2.97. The van der Waals surface area contributed by atoms with Gasteiger partial charge in [-0.15, -0.1) is 0 Å². The van der Waals surface area contributed by atoms with E-state index in [0.717, 1.165) is 12.8 Å². The molecule has 0 spiro atoms. The lowest BCUT2D eigenvalue weighted by Gasteiger charge is -2.43. The minimum Gasteiger partial charge on any atom is -0.497 e. The average Bonchev–Trinajstić information content (AvgIpc) is 2.41. The Kier molecular flexibility index (Phi) is 4.27. The van der Waals surface area contributed by atoms with Crippen molar-refractivity contribution < 1.29 is 23.1 Å². The van der Waals surface area contributed by atoms with E-state index in [1.54, 1.807) is 0 Å². The summed E-state index contributed by atoms with van der Waals surface area (Å²) >= 11 is 0. The van der Waals surface area contributed by atoms with E-state index in [2.05, 4.69) is 0 Å². The highest BCUT2D eigenvalue weighted by Crippen LogP contribution is 2.48. The second kappa shape index (κ2) is 5.67. The molecule has 1 fully saturated rings. The topological polar surface area (TPSA) is 80.7 Å². The number of sulfone groups is 1. The van der Waals surface area contributed by atoms with Gasteiger partial charge < -0.3 is 9.84 Å². The minimum atomic E-state index is -3.89. The van der Waals surface area contributed by atoms with Gasteiger partial charge in [0.1, 0.15) is 5.75 Å². The van der Waals surface area contributed by atoms with E-state index in [4.69, 9.17) is 4.74 Å². The summed E-state index contributed by atoms with van der Waals surface area (Å²) in [6.07, 6.45) is 2.20. The number of methoxy groups -OCH3 is 1. The van der Waals surface area contributed by atoms with Crippen LogP contribution in [0.2, 0.25) is 0 Å². The van der Waals surface area contributed by atoms with Crippen LogP contribution in [0.4, 0.5) is 0 Å². The summed E-state index contributed by atoms with van der Waals surface area (Å²) in [5.74, 6) is -0.527. The quantitative estimate of drug-likeness (QED) is 0.873. The van der Waals surface area contributed by atoms with Crippen molar-refractivity contribution in [3.05, 3.63) is 24.3 Å². The molecule has 1 saturated carbocycles. The second-order valence-electron chi connectivity index (χ2n) is 5.54. The SMILES string of the molecule is CCCC1CC(C(=O)O)(S(=O)(=O)c2ccc(OC)cc2)C1. The summed E-state index contributed by atoms with van der Waals surface area (Å²) in [5.41, 5.74) is 0. The first-order valence-corrected chi connectivity index (χ1v) is 8.48. The second-order valence-corrected chi connectivity index (χ2v) is 7.80. The summed E-state index contributed by atoms with van der Waals surface area (Å²) in [6.45, 7) is 2.01. The number of carbonyl (C=O) groups is 1. The van der Waals surface area contributed by atoms with Crippen molar-refractivity contribution in [2.75, 3.05) is 7.11 Å². The fourth-order valence-corrected chi connectivity index (χ4v) is 5.06. The van der Waals surface area contributed by atoms with Crippen LogP contribution in [0.15, 0.2) is 29.2 Å². The van der Waals surface area contributed by atoms with Gasteiger partial charge in [-0.2, -0.15) is 0 Å². The molecule has 6 heteroatoms. The minimum absolute atomic E-state index is 0.0423. The molecule has 0 unspecified atom stereocenters. The van der Waals surface area contributed by atoms with Gasteiger partial charge in [0.15, 0.2) is 14.6 Å². The molecule has 0 saturated heterocycles. The summed E-state index contributed by atoms with van der Waals surface area (Å²) in [5, 5.41) is 9.46. The van der Waals surface area contributed by atoms with Crippen LogP contribution < -0.4 is 4.74 Å². The molecule has 1 aromatic rings. The van der Waals surface area contributed by atoms with Gasteiger partial charge in [-0.25, -0.2) is 8.42 Å². The van der Waals surface area contributed by atoms with Gasteiger partial charge in [0.25, 0.3) is 0 Å². The van der Waals surface area contributed by atoms with Gasteiger partial charge in [-0.05, 0) is 43.0 Å². The third-order valence-electron chi connectivity index (χ3n) is 4.21. The van der Waals surface area contributed by atoms with Crippen LogP contribution in [0.5, 0.6) is 5.75 Å². The maximum absolute atomic E-state index is 12.7. The Bertz CT molecular complexity index is 612. The first kappa shape index (κ1) is 15.8. The maximum Gasteiger partial charge on any atom is 0.325 e. The lowest BCUT2D eigenvalue weighted by atomic mass is 9.72. The molecular formula is C15H20O5S. The Hall–Kier alpha value is -1.56. The first-order valence-electron chi connectivity index (χ1n) is 6.99.